The lowest BCUT2D eigenvalue weighted by molar-refractivity contribution is -0.136. The zero-order chi connectivity index (χ0) is 27.5. The van der Waals surface area contributed by atoms with E-state index in [-0.39, 0.29) is 6.42 Å². The predicted molar refractivity (Wildman–Crippen MR) is 158 cm³/mol. The van der Waals surface area contributed by atoms with Gasteiger partial charge in [-0.1, -0.05) is 12.7 Å². The van der Waals surface area contributed by atoms with Crippen LogP contribution in [0.1, 0.15) is 84.7 Å². The molecule has 0 fully saturated rings. The second-order valence-electron chi connectivity index (χ2n) is 10.4. The molecule has 5 rings (SSSR count). The quantitative estimate of drug-likeness (QED) is 0.336. The Bertz CT molecular complexity index is 1780. The third kappa shape index (κ3) is 4.01. The number of nitrogens with zero attached hydrogens (tertiary/aromatic N) is 2. The van der Waals surface area contributed by atoms with Gasteiger partial charge in [-0.05, 0) is 118 Å². The number of aryl methyl sites for hydroxylation is 4. The van der Waals surface area contributed by atoms with Crippen LogP contribution in [0, 0.1) is 20.8 Å². The highest BCUT2D eigenvalue weighted by Crippen LogP contribution is 2.36. The Kier molecular flexibility index (Phi) is 6.22. The number of hydrogen-bond donors (Lipinski definition) is 3. The minimum atomic E-state index is -0.811. The van der Waals surface area contributed by atoms with Gasteiger partial charge in [0.1, 0.15) is 0 Å². The molecular formula is C32H34N4O2. The van der Waals surface area contributed by atoms with Crippen molar-refractivity contribution < 1.29 is 9.90 Å². The van der Waals surface area contributed by atoms with E-state index in [0.29, 0.717) is 6.42 Å². The Morgan fingerprint density at radius 2 is 1.39 bits per heavy atom. The number of hydrogen-bond acceptors (Lipinski definition) is 3. The molecule has 2 aliphatic heterocycles. The third-order valence-electron chi connectivity index (χ3n) is 8.26. The van der Waals surface area contributed by atoms with Crippen LogP contribution in [0.2, 0.25) is 0 Å². The number of aromatic amines is 2. The van der Waals surface area contributed by atoms with Crippen LogP contribution in [0.5, 0.6) is 0 Å². The molecule has 0 atom stereocenters. The van der Waals surface area contributed by atoms with Crippen LogP contribution >= 0.6 is 0 Å². The number of aromatic nitrogens is 4. The van der Waals surface area contributed by atoms with E-state index in [0.717, 1.165) is 95.0 Å². The number of carboxylic acids is 1. The summed E-state index contributed by atoms with van der Waals surface area (Å²) in [7, 11) is 0. The number of rotatable bonds is 4. The Hall–Kier alpha value is -4.19. The van der Waals surface area contributed by atoms with Gasteiger partial charge in [-0.15, -0.1) is 0 Å². The zero-order valence-electron chi connectivity index (χ0n) is 23.2. The highest BCUT2D eigenvalue weighted by Gasteiger charge is 2.20. The van der Waals surface area contributed by atoms with Crippen LogP contribution in [0.4, 0.5) is 0 Å². The molecule has 0 amide bonds. The number of aliphatic carboxylic acids is 1. The molecule has 0 aromatic carbocycles. The molecule has 3 aromatic heterocycles. The molecule has 0 saturated heterocycles. The summed E-state index contributed by atoms with van der Waals surface area (Å²) in [6.07, 6.45) is 2.40. The summed E-state index contributed by atoms with van der Waals surface area (Å²) in [4.78, 5) is 28.7. The Morgan fingerprint density at radius 3 is 2.05 bits per heavy atom. The summed E-state index contributed by atoms with van der Waals surface area (Å²) in [5.74, 6) is -0.811. The molecule has 0 radical (unpaired) electrons. The molecular weight excluding hydrogens is 472 g/mol. The fourth-order valence-corrected chi connectivity index (χ4v) is 5.48. The number of H-pyrrole nitrogens is 2. The van der Waals surface area contributed by atoms with Crippen molar-refractivity contribution in [2.45, 2.75) is 61.3 Å². The van der Waals surface area contributed by atoms with E-state index in [9.17, 15) is 9.90 Å². The molecule has 6 nitrogen and oxygen atoms in total. The highest BCUT2D eigenvalue weighted by molar-refractivity contribution is 5.96. The van der Waals surface area contributed by atoms with Gasteiger partial charge in [0.15, 0.2) is 0 Å². The van der Waals surface area contributed by atoms with Gasteiger partial charge in [-0.25, -0.2) is 9.97 Å². The molecule has 6 heteroatoms. The van der Waals surface area contributed by atoms with Crippen LogP contribution in [-0.4, -0.2) is 31.0 Å². The van der Waals surface area contributed by atoms with E-state index in [1.807, 2.05) is 13.0 Å². The standard InChI is InChI=1S/C32H34N4O2/c1-9-22-19(6)28-13-27-20(7)23(10-11-30(37)38)29(34-27)14-25-16(3)15(2)24(33-25)12-26-17(4)18(5)31(35-26)21(8)32(22)36-28/h9,12-14,34,36H,1,10-11H2,2-8H3,(H,37,38). The average Bonchev–Trinajstić information content (AvgIpc) is 3.53. The van der Waals surface area contributed by atoms with Gasteiger partial charge in [-0.2, -0.15) is 0 Å². The van der Waals surface area contributed by atoms with E-state index in [4.69, 9.17) is 9.97 Å². The number of carbonyl (C=O) groups is 1. The summed E-state index contributed by atoms with van der Waals surface area (Å²) in [6, 6.07) is 6.24. The van der Waals surface area contributed by atoms with Crippen LogP contribution in [0.15, 0.2) is 24.8 Å². The number of allylic oxidation sites excluding steroid dienone is 4. The first-order valence-corrected chi connectivity index (χ1v) is 13.0. The number of carboxylic acid groups (broad SMARTS) is 1. The van der Waals surface area contributed by atoms with Gasteiger partial charge in [0.2, 0.25) is 0 Å². The molecule has 3 N–H and O–H groups in total. The maximum Gasteiger partial charge on any atom is 0.303 e. The van der Waals surface area contributed by atoms with E-state index in [2.05, 4.69) is 76.3 Å². The molecule has 0 unspecified atom stereocenters. The maximum atomic E-state index is 11.4. The SMILES string of the molecule is C=Cc1c(C)c2cc3[nH]c(cc4nc(cc5nc(c(C)c1[nH]2)C(C)=C5C)C(C)=C4C)c(CCC(=O)O)c3C. The summed E-state index contributed by atoms with van der Waals surface area (Å²) in [5, 5.41) is 9.40. The van der Waals surface area contributed by atoms with Crippen molar-refractivity contribution in [2.75, 3.05) is 0 Å². The van der Waals surface area contributed by atoms with Crippen LogP contribution < -0.4 is 0 Å². The lowest BCUT2D eigenvalue weighted by Gasteiger charge is -2.01. The zero-order valence-corrected chi connectivity index (χ0v) is 23.2. The minimum Gasteiger partial charge on any atom is -0.481 e. The van der Waals surface area contributed by atoms with Crippen molar-refractivity contribution in [2.24, 2.45) is 0 Å². The minimum absolute atomic E-state index is 0.0638. The van der Waals surface area contributed by atoms with Crippen molar-refractivity contribution in [3.05, 3.63) is 75.4 Å². The first kappa shape index (κ1) is 25.5. The molecule has 0 saturated carbocycles. The van der Waals surface area contributed by atoms with E-state index < -0.39 is 5.97 Å². The fourth-order valence-electron chi connectivity index (χ4n) is 5.48. The van der Waals surface area contributed by atoms with E-state index in [1.165, 1.54) is 0 Å². The number of nitrogens with one attached hydrogen (secondary N) is 2. The van der Waals surface area contributed by atoms with Gasteiger partial charge in [-0.3, -0.25) is 4.79 Å². The topological polar surface area (TPSA) is 94.7 Å². The van der Waals surface area contributed by atoms with Crippen molar-refractivity contribution in [1.29, 1.82) is 0 Å². The van der Waals surface area contributed by atoms with Crippen LogP contribution in [0.3, 0.4) is 0 Å². The summed E-state index contributed by atoms with van der Waals surface area (Å²) < 4.78 is 0. The lowest BCUT2D eigenvalue weighted by Crippen LogP contribution is -1.98. The van der Waals surface area contributed by atoms with Gasteiger partial charge in [0, 0.05) is 28.5 Å². The lowest BCUT2D eigenvalue weighted by atomic mass is 10.0. The summed E-state index contributed by atoms with van der Waals surface area (Å²) in [5.41, 5.74) is 17.3. The van der Waals surface area contributed by atoms with Crippen molar-refractivity contribution in [1.82, 2.24) is 19.9 Å². The first-order chi connectivity index (χ1) is 18.0. The monoisotopic (exact) mass is 506 g/mol. The first-order valence-electron chi connectivity index (χ1n) is 13.0. The summed E-state index contributed by atoms with van der Waals surface area (Å²) >= 11 is 0. The van der Waals surface area contributed by atoms with E-state index in [1.54, 1.807) is 0 Å². The molecule has 194 valence electrons. The van der Waals surface area contributed by atoms with Crippen molar-refractivity contribution in [3.63, 3.8) is 0 Å². The molecule has 3 aromatic rings. The molecule has 5 heterocycles. The Labute approximate surface area is 222 Å². The smallest absolute Gasteiger partial charge is 0.303 e. The maximum absolute atomic E-state index is 11.4. The number of fused-ring (bicyclic) bond motifs is 8. The van der Waals surface area contributed by atoms with Gasteiger partial charge in [0.05, 0.1) is 28.3 Å². The fraction of sp³-hybridized carbons (Fsp3) is 0.281. The largest absolute Gasteiger partial charge is 0.481 e. The molecule has 0 aliphatic carbocycles. The molecule has 0 spiro atoms. The van der Waals surface area contributed by atoms with Crippen molar-refractivity contribution in [3.8, 4) is 0 Å². The predicted octanol–water partition coefficient (Wildman–Crippen LogP) is 7.80. The van der Waals surface area contributed by atoms with Gasteiger partial charge >= 0.3 is 5.97 Å². The second kappa shape index (κ2) is 9.28. The summed E-state index contributed by atoms with van der Waals surface area (Å²) in [6.45, 7) is 18.8. The van der Waals surface area contributed by atoms with Gasteiger partial charge < -0.3 is 15.1 Å². The molecule has 38 heavy (non-hydrogen) atoms. The van der Waals surface area contributed by atoms with Crippen LogP contribution in [-0.2, 0) is 11.2 Å². The van der Waals surface area contributed by atoms with Crippen LogP contribution in [0.25, 0.3) is 50.4 Å². The molecule has 8 bridgehead atoms. The molecule has 2 aliphatic rings. The second-order valence-corrected chi connectivity index (χ2v) is 10.4. The van der Waals surface area contributed by atoms with Crippen molar-refractivity contribution >= 4 is 56.4 Å². The highest BCUT2D eigenvalue weighted by atomic mass is 16.4. The van der Waals surface area contributed by atoms with E-state index >= 15 is 0 Å². The normalized spacial score (nSPS) is 13.4. The third-order valence-corrected chi connectivity index (χ3v) is 8.26. The van der Waals surface area contributed by atoms with Gasteiger partial charge in [0.25, 0.3) is 0 Å². The Balaban J connectivity index is 1.99. The average molecular weight is 507 g/mol. The Morgan fingerprint density at radius 1 is 0.789 bits per heavy atom.